The third kappa shape index (κ3) is 5.08. The zero-order valence-corrected chi connectivity index (χ0v) is 14.7. The van der Waals surface area contributed by atoms with Crippen LogP contribution in [0.3, 0.4) is 0 Å². The monoisotopic (exact) mass is 341 g/mol. The zero-order chi connectivity index (χ0) is 18.2. The Balaban J connectivity index is 2.12. The van der Waals surface area contributed by atoms with Crippen molar-refractivity contribution >= 4 is 17.6 Å². The van der Waals surface area contributed by atoms with Gasteiger partial charge in [0, 0.05) is 5.69 Å². The van der Waals surface area contributed by atoms with Crippen LogP contribution < -0.4 is 10.1 Å². The maximum Gasteiger partial charge on any atom is 0.338 e. The fourth-order valence-corrected chi connectivity index (χ4v) is 2.30. The van der Waals surface area contributed by atoms with E-state index in [9.17, 15) is 9.59 Å². The van der Waals surface area contributed by atoms with Gasteiger partial charge in [-0.15, -0.1) is 0 Å². The third-order valence-corrected chi connectivity index (χ3v) is 3.69. The molecule has 5 nitrogen and oxygen atoms in total. The van der Waals surface area contributed by atoms with Crippen LogP contribution in [0, 0.1) is 6.92 Å². The number of anilines is 1. The second-order valence-electron chi connectivity index (χ2n) is 5.57. The standard InChI is InChI=1S/C20H23NO4/c1-4-18(25-16-9-7-6-8-10-16)19(22)21-17-13-15(12-11-14(17)3)20(23)24-5-2/h6-13,18H,4-5H2,1-3H3,(H,21,22)/t18-/m0/s1. The van der Waals surface area contributed by atoms with E-state index >= 15 is 0 Å². The Morgan fingerprint density at radius 1 is 1.08 bits per heavy atom. The van der Waals surface area contributed by atoms with Gasteiger partial charge in [-0.1, -0.05) is 31.2 Å². The summed E-state index contributed by atoms with van der Waals surface area (Å²) in [5.74, 6) is -0.0254. The van der Waals surface area contributed by atoms with Gasteiger partial charge in [0.25, 0.3) is 5.91 Å². The van der Waals surface area contributed by atoms with Crippen LogP contribution in [0.5, 0.6) is 5.75 Å². The summed E-state index contributed by atoms with van der Waals surface area (Å²) in [5, 5.41) is 2.85. The van der Waals surface area contributed by atoms with Crippen LogP contribution in [0.4, 0.5) is 5.69 Å². The summed E-state index contributed by atoms with van der Waals surface area (Å²) >= 11 is 0. The van der Waals surface area contributed by atoms with Crippen LogP contribution >= 0.6 is 0 Å². The lowest BCUT2D eigenvalue weighted by Gasteiger charge is -2.18. The first-order valence-electron chi connectivity index (χ1n) is 8.35. The number of hydrogen-bond acceptors (Lipinski definition) is 4. The molecule has 0 spiro atoms. The highest BCUT2D eigenvalue weighted by Gasteiger charge is 2.20. The van der Waals surface area contributed by atoms with E-state index in [0.29, 0.717) is 30.0 Å². The SMILES string of the molecule is CCOC(=O)c1ccc(C)c(NC(=O)[C@H](CC)Oc2ccccc2)c1. The topological polar surface area (TPSA) is 64.6 Å². The number of para-hydroxylation sites is 1. The molecule has 0 aliphatic heterocycles. The fraction of sp³-hybridized carbons (Fsp3) is 0.300. The minimum absolute atomic E-state index is 0.254. The number of benzene rings is 2. The average Bonchev–Trinajstić information content (AvgIpc) is 2.62. The Morgan fingerprint density at radius 3 is 2.44 bits per heavy atom. The molecule has 2 aromatic rings. The highest BCUT2D eigenvalue weighted by atomic mass is 16.5. The van der Waals surface area contributed by atoms with E-state index in [0.717, 1.165) is 5.56 Å². The van der Waals surface area contributed by atoms with Crippen LogP contribution in [-0.4, -0.2) is 24.6 Å². The lowest BCUT2D eigenvalue weighted by molar-refractivity contribution is -0.122. The van der Waals surface area contributed by atoms with Crippen LogP contribution in [-0.2, 0) is 9.53 Å². The minimum Gasteiger partial charge on any atom is -0.481 e. The van der Waals surface area contributed by atoms with Crippen LogP contribution in [0.2, 0.25) is 0 Å². The number of esters is 1. The number of aryl methyl sites for hydroxylation is 1. The van der Waals surface area contributed by atoms with Crippen LogP contribution in [0.25, 0.3) is 0 Å². The summed E-state index contributed by atoms with van der Waals surface area (Å²) in [4.78, 5) is 24.4. The van der Waals surface area contributed by atoms with Crippen LogP contribution in [0.1, 0.15) is 36.2 Å². The van der Waals surface area contributed by atoms with Gasteiger partial charge >= 0.3 is 5.97 Å². The zero-order valence-electron chi connectivity index (χ0n) is 14.7. The van der Waals surface area contributed by atoms with E-state index in [2.05, 4.69) is 5.32 Å². The quantitative estimate of drug-likeness (QED) is 0.774. The van der Waals surface area contributed by atoms with Crippen molar-refractivity contribution in [2.45, 2.75) is 33.3 Å². The van der Waals surface area contributed by atoms with Crippen molar-refractivity contribution in [3.63, 3.8) is 0 Å². The second-order valence-corrected chi connectivity index (χ2v) is 5.57. The van der Waals surface area contributed by atoms with E-state index in [1.54, 1.807) is 25.1 Å². The molecule has 25 heavy (non-hydrogen) atoms. The first-order chi connectivity index (χ1) is 12.0. The first-order valence-corrected chi connectivity index (χ1v) is 8.35. The summed E-state index contributed by atoms with van der Waals surface area (Å²) in [6.45, 7) is 5.80. The van der Waals surface area contributed by atoms with Crippen molar-refractivity contribution < 1.29 is 19.1 Å². The number of hydrogen-bond donors (Lipinski definition) is 1. The van der Waals surface area contributed by atoms with E-state index in [4.69, 9.17) is 9.47 Å². The van der Waals surface area contributed by atoms with Gasteiger partial charge in [0.15, 0.2) is 6.10 Å². The second kappa shape index (κ2) is 8.87. The van der Waals surface area contributed by atoms with E-state index in [-0.39, 0.29) is 5.91 Å². The molecule has 0 aromatic heterocycles. The smallest absolute Gasteiger partial charge is 0.338 e. The molecule has 0 aliphatic rings. The van der Waals surface area contributed by atoms with Gasteiger partial charge < -0.3 is 14.8 Å². The third-order valence-electron chi connectivity index (χ3n) is 3.69. The van der Waals surface area contributed by atoms with Crippen molar-refractivity contribution in [3.05, 3.63) is 59.7 Å². The molecule has 2 aromatic carbocycles. The molecule has 0 radical (unpaired) electrons. The van der Waals surface area contributed by atoms with Gasteiger partial charge in [-0.2, -0.15) is 0 Å². The van der Waals surface area contributed by atoms with Gasteiger partial charge in [-0.05, 0) is 50.1 Å². The molecule has 0 saturated heterocycles. The van der Waals surface area contributed by atoms with Crippen molar-refractivity contribution in [2.75, 3.05) is 11.9 Å². The Kier molecular flexibility index (Phi) is 6.57. The summed E-state index contributed by atoms with van der Waals surface area (Å²) in [5.41, 5.74) is 1.83. The average molecular weight is 341 g/mol. The van der Waals surface area contributed by atoms with E-state index in [1.165, 1.54) is 0 Å². The highest BCUT2D eigenvalue weighted by molar-refractivity contribution is 5.97. The first kappa shape index (κ1) is 18.5. The normalized spacial score (nSPS) is 11.5. The Labute approximate surface area is 148 Å². The van der Waals surface area contributed by atoms with E-state index in [1.807, 2.05) is 44.2 Å². The summed E-state index contributed by atoms with van der Waals surface area (Å²) in [6, 6.07) is 14.3. The molecule has 132 valence electrons. The summed E-state index contributed by atoms with van der Waals surface area (Å²) < 4.78 is 10.7. The summed E-state index contributed by atoms with van der Waals surface area (Å²) in [6.07, 6.45) is -0.0924. The van der Waals surface area contributed by atoms with Crippen molar-refractivity contribution in [1.29, 1.82) is 0 Å². The Bertz CT molecular complexity index is 728. The largest absolute Gasteiger partial charge is 0.481 e. The number of ether oxygens (including phenoxy) is 2. The molecule has 2 rings (SSSR count). The molecule has 0 saturated carbocycles. The maximum absolute atomic E-state index is 12.6. The maximum atomic E-state index is 12.6. The number of rotatable bonds is 7. The van der Waals surface area contributed by atoms with Gasteiger partial charge in [-0.3, -0.25) is 4.79 Å². The molecule has 0 unspecified atom stereocenters. The number of amides is 1. The molecule has 5 heteroatoms. The fourth-order valence-electron chi connectivity index (χ4n) is 2.30. The molecule has 0 aliphatic carbocycles. The molecular weight excluding hydrogens is 318 g/mol. The number of carbonyl (C=O) groups excluding carboxylic acids is 2. The number of nitrogens with one attached hydrogen (secondary N) is 1. The Morgan fingerprint density at radius 2 is 1.80 bits per heavy atom. The molecule has 0 heterocycles. The van der Waals surface area contributed by atoms with Gasteiger partial charge in [-0.25, -0.2) is 4.79 Å². The van der Waals surface area contributed by atoms with Gasteiger partial charge in [0.2, 0.25) is 0 Å². The summed E-state index contributed by atoms with van der Waals surface area (Å²) in [7, 11) is 0. The van der Waals surface area contributed by atoms with Gasteiger partial charge in [0.1, 0.15) is 5.75 Å². The van der Waals surface area contributed by atoms with Crippen LogP contribution in [0.15, 0.2) is 48.5 Å². The molecule has 1 amide bonds. The van der Waals surface area contributed by atoms with Crippen molar-refractivity contribution in [2.24, 2.45) is 0 Å². The van der Waals surface area contributed by atoms with Crippen molar-refractivity contribution in [1.82, 2.24) is 0 Å². The molecule has 0 bridgehead atoms. The minimum atomic E-state index is -0.618. The highest BCUT2D eigenvalue weighted by Crippen LogP contribution is 2.19. The Hall–Kier alpha value is -2.82. The lowest BCUT2D eigenvalue weighted by atomic mass is 10.1. The van der Waals surface area contributed by atoms with Gasteiger partial charge in [0.05, 0.1) is 12.2 Å². The predicted molar refractivity (Wildman–Crippen MR) is 96.9 cm³/mol. The molecule has 1 atom stereocenters. The molecular formula is C20H23NO4. The lowest BCUT2D eigenvalue weighted by Crippen LogP contribution is -2.32. The van der Waals surface area contributed by atoms with E-state index < -0.39 is 12.1 Å². The molecule has 1 N–H and O–H groups in total. The van der Waals surface area contributed by atoms with Crippen molar-refractivity contribution in [3.8, 4) is 5.75 Å². The number of carbonyl (C=O) groups is 2. The molecule has 0 fully saturated rings. The predicted octanol–water partition coefficient (Wildman–Crippen LogP) is 3.97.